The fourth-order valence-corrected chi connectivity index (χ4v) is 3.36. The Hall–Kier alpha value is -2.17. The minimum atomic E-state index is -4.57. The highest BCUT2D eigenvalue weighted by molar-refractivity contribution is 7.83. The van der Waals surface area contributed by atoms with Gasteiger partial charge in [0.25, 0.3) is 5.91 Å². The Kier molecular flexibility index (Phi) is 4.48. The second-order valence-electron chi connectivity index (χ2n) is 7.42. The maximum absolute atomic E-state index is 12.9. The minimum absolute atomic E-state index is 0.0368. The lowest BCUT2D eigenvalue weighted by atomic mass is 10.1. The number of aromatic nitrogens is 1. The summed E-state index contributed by atoms with van der Waals surface area (Å²) in [5.74, 6) is -0.450. The summed E-state index contributed by atoms with van der Waals surface area (Å²) in [6, 6.07) is 0.841. The number of thiol groups is 1. The Morgan fingerprint density at radius 3 is 2.59 bits per heavy atom. The van der Waals surface area contributed by atoms with Crippen LogP contribution in [0.1, 0.15) is 26.3 Å². The van der Waals surface area contributed by atoms with Gasteiger partial charge in [-0.1, -0.05) is 0 Å². The van der Waals surface area contributed by atoms with E-state index in [0.29, 0.717) is 6.20 Å². The molecular formula is C16H19F3N4O3S. The maximum atomic E-state index is 12.9. The van der Waals surface area contributed by atoms with Crippen molar-refractivity contribution in [3.05, 3.63) is 17.8 Å². The molecule has 0 bridgehead atoms. The minimum Gasteiger partial charge on any atom is -0.444 e. The molecule has 2 aliphatic rings. The lowest BCUT2D eigenvalue weighted by Gasteiger charge is -2.49. The number of rotatable bonds is 0. The van der Waals surface area contributed by atoms with Crippen molar-refractivity contribution in [2.75, 3.05) is 29.9 Å². The Morgan fingerprint density at radius 1 is 1.33 bits per heavy atom. The molecular weight excluding hydrogens is 385 g/mol. The van der Waals surface area contributed by atoms with E-state index in [1.807, 2.05) is 0 Å². The number of hydrogen-bond donors (Lipinski definition) is 2. The summed E-state index contributed by atoms with van der Waals surface area (Å²) in [4.78, 5) is 30.2. The first kappa shape index (κ1) is 19.6. The molecule has 0 saturated carbocycles. The number of alkyl halides is 3. The van der Waals surface area contributed by atoms with Crippen LogP contribution in [0.25, 0.3) is 0 Å². The van der Waals surface area contributed by atoms with Gasteiger partial charge >= 0.3 is 12.3 Å². The predicted molar refractivity (Wildman–Crippen MR) is 94.7 cm³/mol. The monoisotopic (exact) mass is 404 g/mol. The van der Waals surface area contributed by atoms with Crippen molar-refractivity contribution in [3.63, 3.8) is 0 Å². The molecule has 3 heterocycles. The number of nitrogens with zero attached hydrogens (tertiary/aromatic N) is 3. The van der Waals surface area contributed by atoms with Crippen molar-refractivity contribution in [2.24, 2.45) is 0 Å². The molecule has 1 aromatic rings. The molecule has 3 rings (SSSR count). The summed E-state index contributed by atoms with van der Waals surface area (Å²) in [6.07, 6.45) is -4.45. The van der Waals surface area contributed by atoms with Crippen LogP contribution in [0.15, 0.2) is 12.3 Å². The summed E-state index contributed by atoms with van der Waals surface area (Å²) in [6.45, 7) is 5.46. The highest BCUT2D eigenvalue weighted by atomic mass is 32.1. The fourth-order valence-electron chi connectivity index (χ4n) is 2.94. The second-order valence-corrected chi connectivity index (χ2v) is 8.16. The number of nitrogens with one attached hydrogen (secondary N) is 1. The average molecular weight is 404 g/mol. The van der Waals surface area contributed by atoms with Crippen molar-refractivity contribution in [1.82, 2.24) is 9.88 Å². The van der Waals surface area contributed by atoms with Gasteiger partial charge in [-0.05, 0) is 26.8 Å². The lowest BCUT2D eigenvalue weighted by Crippen LogP contribution is -2.68. The van der Waals surface area contributed by atoms with Crippen LogP contribution >= 0.6 is 12.6 Å². The number of carbonyl (C=O) groups is 2. The number of piperazine rings is 1. The van der Waals surface area contributed by atoms with Gasteiger partial charge in [0.1, 0.15) is 5.60 Å². The van der Waals surface area contributed by atoms with Crippen LogP contribution in [0, 0.1) is 0 Å². The SMILES string of the molecule is CC(C)(C)OC(=O)N1CCN2c3ncc(C(F)(F)F)cc3NC(=O)[C@@]2(S)C1. The third kappa shape index (κ3) is 3.64. The normalized spacial score (nSPS) is 22.7. The first-order valence-electron chi connectivity index (χ1n) is 8.18. The largest absolute Gasteiger partial charge is 0.444 e. The van der Waals surface area contributed by atoms with E-state index in [1.165, 1.54) is 9.80 Å². The van der Waals surface area contributed by atoms with E-state index in [2.05, 4.69) is 22.9 Å². The zero-order chi connectivity index (χ0) is 20.2. The number of anilines is 2. The third-order valence-corrected chi connectivity index (χ3v) is 4.75. The average Bonchev–Trinajstić information content (AvgIpc) is 2.52. The topological polar surface area (TPSA) is 74.8 Å². The second kappa shape index (κ2) is 6.18. The van der Waals surface area contributed by atoms with E-state index in [9.17, 15) is 22.8 Å². The van der Waals surface area contributed by atoms with Gasteiger partial charge in [0.05, 0.1) is 17.8 Å². The molecule has 2 aliphatic heterocycles. The number of carbonyl (C=O) groups excluding carboxylic acids is 2. The maximum Gasteiger partial charge on any atom is 0.417 e. The van der Waals surface area contributed by atoms with E-state index in [-0.39, 0.29) is 31.1 Å². The molecule has 0 aromatic carbocycles. The van der Waals surface area contributed by atoms with Gasteiger partial charge in [-0.3, -0.25) is 4.79 Å². The number of ether oxygens (including phenoxy) is 1. The van der Waals surface area contributed by atoms with Gasteiger partial charge in [0.2, 0.25) is 0 Å². The molecule has 1 saturated heterocycles. The Balaban J connectivity index is 1.89. The summed E-state index contributed by atoms with van der Waals surface area (Å²) in [7, 11) is 0. The molecule has 11 heteroatoms. The standard InChI is InChI=1S/C16H19F3N4O3S/c1-14(2,3)26-13(25)22-4-5-23-11-10(21-12(24)15(23,27)8-22)6-9(7-20-11)16(17,18)19/h6-7,27H,4-5,8H2,1-3H3,(H,21,24)/t15-/m0/s1. The third-order valence-electron chi connectivity index (χ3n) is 4.16. The van der Waals surface area contributed by atoms with Crippen LogP contribution in [0.2, 0.25) is 0 Å². The molecule has 0 spiro atoms. The Morgan fingerprint density at radius 2 is 2.00 bits per heavy atom. The zero-order valence-corrected chi connectivity index (χ0v) is 15.8. The Labute approximate surface area is 159 Å². The molecule has 1 N–H and O–H groups in total. The van der Waals surface area contributed by atoms with Crippen LogP contribution < -0.4 is 10.2 Å². The van der Waals surface area contributed by atoms with Gasteiger partial charge in [-0.25, -0.2) is 9.78 Å². The smallest absolute Gasteiger partial charge is 0.417 e. The van der Waals surface area contributed by atoms with E-state index in [0.717, 1.165) is 6.07 Å². The molecule has 0 aliphatic carbocycles. The van der Waals surface area contributed by atoms with Gasteiger partial charge in [-0.15, -0.1) is 12.6 Å². The molecule has 1 aromatic heterocycles. The first-order valence-corrected chi connectivity index (χ1v) is 8.63. The highest BCUT2D eigenvalue weighted by Gasteiger charge is 2.51. The number of halogens is 3. The summed E-state index contributed by atoms with van der Waals surface area (Å²) in [5, 5.41) is 2.42. The van der Waals surface area contributed by atoms with E-state index in [1.54, 1.807) is 20.8 Å². The lowest BCUT2D eigenvalue weighted by molar-refractivity contribution is -0.137. The Bertz CT molecular complexity index is 796. The molecule has 148 valence electrons. The van der Waals surface area contributed by atoms with Crippen LogP contribution in [0.3, 0.4) is 0 Å². The zero-order valence-electron chi connectivity index (χ0n) is 14.9. The summed E-state index contributed by atoms with van der Waals surface area (Å²) < 4.78 is 44.0. The number of fused-ring (bicyclic) bond motifs is 3. The molecule has 0 radical (unpaired) electrons. The molecule has 2 amide bonds. The molecule has 1 atom stereocenters. The number of hydrogen-bond acceptors (Lipinski definition) is 6. The van der Waals surface area contributed by atoms with Gasteiger partial charge in [0, 0.05) is 19.3 Å². The van der Waals surface area contributed by atoms with Gasteiger partial charge < -0.3 is 19.9 Å². The van der Waals surface area contributed by atoms with Gasteiger partial charge in [0.15, 0.2) is 10.7 Å². The summed E-state index contributed by atoms with van der Waals surface area (Å²) in [5.41, 5.74) is -1.69. The van der Waals surface area contributed by atoms with Crippen LogP contribution in [-0.2, 0) is 15.7 Å². The van der Waals surface area contributed by atoms with Crippen LogP contribution in [0.5, 0.6) is 0 Å². The van der Waals surface area contributed by atoms with E-state index >= 15 is 0 Å². The summed E-state index contributed by atoms with van der Waals surface area (Å²) >= 11 is 4.45. The first-order chi connectivity index (χ1) is 12.3. The fraction of sp³-hybridized carbons (Fsp3) is 0.562. The molecule has 1 fully saturated rings. The van der Waals surface area contributed by atoms with Crippen molar-refractivity contribution in [2.45, 2.75) is 37.4 Å². The van der Waals surface area contributed by atoms with Crippen LogP contribution in [-0.4, -0.2) is 52.0 Å². The van der Waals surface area contributed by atoms with Crippen LogP contribution in [0.4, 0.5) is 29.5 Å². The van der Waals surface area contributed by atoms with E-state index in [4.69, 9.17) is 4.74 Å². The highest BCUT2D eigenvalue weighted by Crippen LogP contribution is 2.42. The van der Waals surface area contributed by atoms with Crippen molar-refractivity contribution < 1.29 is 27.5 Å². The van der Waals surface area contributed by atoms with Crippen molar-refractivity contribution >= 4 is 36.1 Å². The van der Waals surface area contributed by atoms with Gasteiger partial charge in [-0.2, -0.15) is 13.2 Å². The van der Waals surface area contributed by atoms with Crippen molar-refractivity contribution in [3.8, 4) is 0 Å². The number of pyridine rings is 1. The van der Waals surface area contributed by atoms with E-state index < -0.39 is 34.2 Å². The molecule has 7 nitrogen and oxygen atoms in total. The predicted octanol–water partition coefficient (Wildman–Crippen LogP) is 2.74. The quantitative estimate of drug-likeness (QED) is 0.651. The molecule has 0 unspecified atom stereocenters. The molecule has 27 heavy (non-hydrogen) atoms. The van der Waals surface area contributed by atoms with Crippen molar-refractivity contribution in [1.29, 1.82) is 0 Å². The number of amides is 2.